The average molecular weight is 374 g/mol. The normalized spacial score (nSPS) is 11.8. The third kappa shape index (κ3) is 4.35. The van der Waals surface area contributed by atoms with Crippen LogP contribution in [0.15, 0.2) is 48.9 Å². The molecular formula is C18H16ClN3O2S. The molecule has 3 heterocycles. The number of hydrogen-bond acceptors (Lipinski definition) is 5. The highest BCUT2D eigenvalue weighted by Gasteiger charge is 2.18. The van der Waals surface area contributed by atoms with Gasteiger partial charge >= 0.3 is 0 Å². The van der Waals surface area contributed by atoms with Gasteiger partial charge in [0.2, 0.25) is 5.88 Å². The molecule has 0 bridgehead atoms. The predicted octanol–water partition coefficient (Wildman–Crippen LogP) is 4.78. The van der Waals surface area contributed by atoms with Gasteiger partial charge in [0.05, 0.1) is 17.3 Å². The number of hydrogen-bond donors (Lipinski definition) is 1. The van der Waals surface area contributed by atoms with Gasteiger partial charge in [-0.1, -0.05) is 11.6 Å². The number of rotatable bonds is 5. The Bertz CT molecular complexity index is 897. The van der Waals surface area contributed by atoms with Crippen LogP contribution in [0.1, 0.15) is 33.1 Å². The van der Waals surface area contributed by atoms with Crippen molar-refractivity contribution in [3.63, 3.8) is 0 Å². The summed E-state index contributed by atoms with van der Waals surface area (Å²) in [6.07, 6.45) is 4.58. The van der Waals surface area contributed by atoms with E-state index in [1.165, 1.54) is 17.3 Å². The van der Waals surface area contributed by atoms with Crippen molar-refractivity contribution in [2.75, 3.05) is 0 Å². The minimum absolute atomic E-state index is 0.105. The van der Waals surface area contributed by atoms with E-state index in [1.807, 2.05) is 26.0 Å². The minimum Gasteiger partial charge on any atom is -0.436 e. The van der Waals surface area contributed by atoms with Crippen molar-refractivity contribution in [1.82, 2.24) is 15.3 Å². The molecule has 0 aliphatic rings. The first-order valence-electron chi connectivity index (χ1n) is 7.63. The van der Waals surface area contributed by atoms with E-state index in [0.717, 1.165) is 4.88 Å². The van der Waals surface area contributed by atoms with Crippen molar-refractivity contribution >= 4 is 28.8 Å². The van der Waals surface area contributed by atoms with Gasteiger partial charge in [0.15, 0.2) is 0 Å². The van der Waals surface area contributed by atoms with Crippen LogP contribution in [0.4, 0.5) is 0 Å². The van der Waals surface area contributed by atoms with Crippen molar-refractivity contribution < 1.29 is 9.53 Å². The lowest BCUT2D eigenvalue weighted by Gasteiger charge is -2.14. The van der Waals surface area contributed by atoms with Gasteiger partial charge in [-0.25, -0.2) is 4.98 Å². The number of aromatic nitrogens is 2. The number of ether oxygens (including phenoxy) is 1. The summed E-state index contributed by atoms with van der Waals surface area (Å²) < 4.78 is 5.69. The van der Waals surface area contributed by atoms with Crippen LogP contribution in [0.2, 0.25) is 5.02 Å². The van der Waals surface area contributed by atoms with Gasteiger partial charge < -0.3 is 10.1 Å². The predicted molar refractivity (Wildman–Crippen MR) is 98.5 cm³/mol. The maximum absolute atomic E-state index is 12.6. The molecule has 1 atom stereocenters. The highest BCUT2D eigenvalue weighted by atomic mass is 35.5. The quantitative estimate of drug-likeness (QED) is 0.698. The standard InChI is InChI=1S/C18H16ClN3O2S/c1-11-5-6-16(25-11)12(2)22-17(23)15-4-3-7-21-18(15)24-14-8-13(19)9-20-10-14/h3-10,12H,1-2H3,(H,22,23). The van der Waals surface area contributed by atoms with Crippen molar-refractivity contribution in [2.45, 2.75) is 19.9 Å². The summed E-state index contributed by atoms with van der Waals surface area (Å²) in [5.74, 6) is 0.373. The molecule has 1 amide bonds. The first-order valence-corrected chi connectivity index (χ1v) is 8.83. The largest absolute Gasteiger partial charge is 0.436 e. The fraction of sp³-hybridized carbons (Fsp3) is 0.167. The maximum atomic E-state index is 12.6. The molecule has 5 nitrogen and oxygen atoms in total. The molecule has 3 aromatic rings. The Labute approximate surface area is 154 Å². The van der Waals surface area contributed by atoms with E-state index in [9.17, 15) is 4.79 Å². The Kier molecular flexibility index (Phi) is 5.31. The summed E-state index contributed by atoms with van der Waals surface area (Å²) >= 11 is 7.57. The molecule has 0 spiro atoms. The van der Waals surface area contributed by atoms with Gasteiger partial charge in [-0.3, -0.25) is 9.78 Å². The molecular weight excluding hydrogens is 358 g/mol. The van der Waals surface area contributed by atoms with Crippen molar-refractivity contribution in [3.05, 3.63) is 69.3 Å². The van der Waals surface area contributed by atoms with E-state index in [0.29, 0.717) is 16.3 Å². The number of carbonyl (C=O) groups is 1. The van der Waals surface area contributed by atoms with Crippen molar-refractivity contribution in [1.29, 1.82) is 0 Å². The fourth-order valence-corrected chi connectivity index (χ4v) is 3.28. The molecule has 3 rings (SSSR count). The Hall–Kier alpha value is -2.44. The molecule has 0 radical (unpaired) electrons. The zero-order valence-electron chi connectivity index (χ0n) is 13.7. The topological polar surface area (TPSA) is 64.1 Å². The Morgan fingerprint density at radius 3 is 2.88 bits per heavy atom. The molecule has 1 N–H and O–H groups in total. The highest BCUT2D eigenvalue weighted by Crippen LogP contribution is 2.26. The first kappa shape index (κ1) is 17.4. The lowest BCUT2D eigenvalue weighted by molar-refractivity contribution is 0.0937. The summed E-state index contributed by atoms with van der Waals surface area (Å²) in [7, 11) is 0. The summed E-state index contributed by atoms with van der Waals surface area (Å²) in [6.45, 7) is 3.98. The van der Waals surface area contributed by atoms with Gasteiger partial charge in [0.25, 0.3) is 5.91 Å². The molecule has 0 saturated heterocycles. The monoisotopic (exact) mass is 373 g/mol. The number of amides is 1. The van der Waals surface area contributed by atoms with Crippen LogP contribution < -0.4 is 10.1 Å². The van der Waals surface area contributed by atoms with Crippen LogP contribution in [-0.4, -0.2) is 15.9 Å². The summed E-state index contributed by atoms with van der Waals surface area (Å²) in [5, 5.41) is 3.42. The Morgan fingerprint density at radius 1 is 1.32 bits per heavy atom. The minimum atomic E-state index is -0.253. The van der Waals surface area contributed by atoms with Gasteiger partial charge in [-0.15, -0.1) is 11.3 Å². The van der Waals surface area contributed by atoms with Crippen molar-refractivity contribution in [2.24, 2.45) is 0 Å². The average Bonchev–Trinajstić information content (AvgIpc) is 3.02. The van der Waals surface area contributed by atoms with Gasteiger partial charge in [-0.05, 0) is 38.1 Å². The number of thiophene rings is 1. The Morgan fingerprint density at radius 2 is 2.16 bits per heavy atom. The maximum Gasteiger partial charge on any atom is 0.257 e. The summed E-state index contributed by atoms with van der Waals surface area (Å²) in [4.78, 5) is 23.1. The lowest BCUT2D eigenvalue weighted by atomic mass is 10.2. The van der Waals surface area contributed by atoms with E-state index in [-0.39, 0.29) is 17.8 Å². The lowest BCUT2D eigenvalue weighted by Crippen LogP contribution is -2.26. The third-order valence-corrected chi connectivity index (χ3v) is 4.84. The Balaban J connectivity index is 1.78. The van der Waals surface area contributed by atoms with E-state index < -0.39 is 0 Å². The molecule has 0 aliphatic carbocycles. The molecule has 7 heteroatoms. The van der Waals surface area contributed by atoms with Crippen LogP contribution in [0.3, 0.4) is 0 Å². The highest BCUT2D eigenvalue weighted by molar-refractivity contribution is 7.12. The first-order chi connectivity index (χ1) is 12.0. The number of aryl methyl sites for hydroxylation is 1. The SMILES string of the molecule is Cc1ccc(C(C)NC(=O)c2cccnc2Oc2cncc(Cl)c2)s1. The second-order valence-electron chi connectivity index (χ2n) is 5.44. The van der Waals surface area contributed by atoms with Crippen LogP contribution >= 0.6 is 22.9 Å². The molecule has 1 unspecified atom stereocenters. The second-order valence-corrected chi connectivity index (χ2v) is 7.20. The van der Waals surface area contributed by atoms with E-state index >= 15 is 0 Å². The molecule has 128 valence electrons. The van der Waals surface area contributed by atoms with Crippen LogP contribution in [0.25, 0.3) is 0 Å². The van der Waals surface area contributed by atoms with Gasteiger partial charge in [-0.2, -0.15) is 0 Å². The number of carbonyl (C=O) groups excluding carboxylic acids is 1. The summed E-state index contributed by atoms with van der Waals surface area (Å²) in [5.41, 5.74) is 0.350. The molecule has 0 aromatic carbocycles. The van der Waals surface area contributed by atoms with Gasteiger partial charge in [0.1, 0.15) is 11.3 Å². The number of halogens is 1. The zero-order chi connectivity index (χ0) is 17.8. The molecule has 25 heavy (non-hydrogen) atoms. The number of pyridine rings is 2. The molecule has 0 saturated carbocycles. The van der Waals surface area contributed by atoms with Crippen LogP contribution in [0.5, 0.6) is 11.6 Å². The molecule has 3 aromatic heterocycles. The van der Waals surface area contributed by atoms with Crippen LogP contribution in [-0.2, 0) is 0 Å². The smallest absolute Gasteiger partial charge is 0.257 e. The third-order valence-electron chi connectivity index (χ3n) is 3.45. The fourth-order valence-electron chi connectivity index (χ4n) is 2.24. The number of nitrogens with zero attached hydrogens (tertiary/aromatic N) is 2. The van der Waals surface area contributed by atoms with Crippen molar-refractivity contribution in [3.8, 4) is 11.6 Å². The second kappa shape index (κ2) is 7.63. The number of nitrogens with one attached hydrogen (secondary N) is 1. The van der Waals surface area contributed by atoms with E-state index in [2.05, 4.69) is 15.3 Å². The molecule has 0 aliphatic heterocycles. The van der Waals surface area contributed by atoms with Crippen LogP contribution in [0, 0.1) is 6.92 Å². The molecule has 0 fully saturated rings. The van der Waals surface area contributed by atoms with E-state index in [4.69, 9.17) is 16.3 Å². The zero-order valence-corrected chi connectivity index (χ0v) is 15.3. The van der Waals surface area contributed by atoms with E-state index in [1.54, 1.807) is 35.7 Å². The van der Waals surface area contributed by atoms with Gasteiger partial charge in [0, 0.05) is 28.2 Å². The summed E-state index contributed by atoms with van der Waals surface area (Å²) in [6, 6.07) is 8.92.